The van der Waals surface area contributed by atoms with Crippen molar-refractivity contribution in [3.05, 3.63) is 65.7 Å². The monoisotopic (exact) mass is 399 g/mol. The van der Waals surface area contributed by atoms with E-state index in [4.69, 9.17) is 5.11 Å². The molecule has 0 saturated carbocycles. The van der Waals surface area contributed by atoms with Crippen molar-refractivity contribution in [3.8, 4) is 11.5 Å². The van der Waals surface area contributed by atoms with Gasteiger partial charge in [0, 0.05) is 0 Å². The molecule has 0 spiro atoms. The number of phenolic OH excluding ortho intramolecular Hbond substituents is 2. The molecule has 0 amide bonds. The highest BCUT2D eigenvalue weighted by atomic mass is 16.3. The summed E-state index contributed by atoms with van der Waals surface area (Å²) in [7, 11) is 0. The Bertz CT molecular complexity index is 718. The lowest BCUT2D eigenvalue weighted by Crippen LogP contribution is -2.21. The molecule has 0 unspecified atom stereocenters. The van der Waals surface area contributed by atoms with Crippen LogP contribution in [0.5, 0.6) is 11.5 Å². The van der Waals surface area contributed by atoms with Gasteiger partial charge in [-0.1, -0.05) is 89.6 Å². The molecule has 3 heteroatoms. The maximum atomic E-state index is 9.21. The SMILES string of the molecule is C=C(C)c1ccc(C)cc1.CC(C)(C)c1ccc(O)c(O)c1.CCN(CC)CC. The average Bonchev–Trinajstić information content (AvgIpc) is 2.66. The smallest absolute Gasteiger partial charge is 0.157 e. The molecule has 2 N–H and O–H groups in total. The highest BCUT2D eigenvalue weighted by Crippen LogP contribution is 2.30. The lowest BCUT2D eigenvalue weighted by molar-refractivity contribution is 0.321. The van der Waals surface area contributed by atoms with E-state index in [2.05, 4.69) is 84.2 Å². The molecule has 2 aromatic rings. The Morgan fingerprint density at radius 3 is 1.66 bits per heavy atom. The molecule has 162 valence electrons. The Balaban J connectivity index is 0.000000421. The maximum absolute atomic E-state index is 9.21. The third-order valence-electron chi connectivity index (χ3n) is 4.73. The highest BCUT2D eigenvalue weighted by Gasteiger charge is 2.14. The summed E-state index contributed by atoms with van der Waals surface area (Å²) in [5, 5.41) is 18.3. The van der Waals surface area contributed by atoms with Crippen molar-refractivity contribution in [2.24, 2.45) is 0 Å². The molecule has 2 aromatic carbocycles. The van der Waals surface area contributed by atoms with Gasteiger partial charge in [-0.25, -0.2) is 0 Å². The van der Waals surface area contributed by atoms with Crippen molar-refractivity contribution in [1.29, 1.82) is 0 Å². The largest absolute Gasteiger partial charge is 0.504 e. The van der Waals surface area contributed by atoms with Gasteiger partial charge in [0.15, 0.2) is 11.5 Å². The summed E-state index contributed by atoms with van der Waals surface area (Å²) in [6.07, 6.45) is 0. The van der Waals surface area contributed by atoms with Gasteiger partial charge >= 0.3 is 0 Å². The number of nitrogens with zero attached hydrogens (tertiary/aromatic N) is 1. The number of phenols is 2. The molecule has 0 atom stereocenters. The Morgan fingerprint density at radius 2 is 1.34 bits per heavy atom. The third-order valence-corrected chi connectivity index (χ3v) is 4.73. The Labute approximate surface area is 178 Å². The molecule has 0 radical (unpaired) electrons. The van der Waals surface area contributed by atoms with Crippen LogP contribution in [-0.4, -0.2) is 34.7 Å². The van der Waals surface area contributed by atoms with Gasteiger partial charge in [0.2, 0.25) is 0 Å². The van der Waals surface area contributed by atoms with Gasteiger partial charge in [-0.3, -0.25) is 0 Å². The van der Waals surface area contributed by atoms with Gasteiger partial charge in [0.25, 0.3) is 0 Å². The van der Waals surface area contributed by atoms with E-state index in [-0.39, 0.29) is 16.9 Å². The summed E-state index contributed by atoms with van der Waals surface area (Å²) in [4.78, 5) is 2.38. The summed E-state index contributed by atoms with van der Waals surface area (Å²) in [6.45, 7) is 24.2. The van der Waals surface area contributed by atoms with E-state index in [1.54, 1.807) is 6.07 Å². The van der Waals surface area contributed by atoms with Crippen LogP contribution in [0.25, 0.3) is 5.57 Å². The fourth-order valence-corrected chi connectivity index (χ4v) is 2.50. The van der Waals surface area contributed by atoms with Gasteiger partial charge in [0.05, 0.1) is 0 Å². The number of aromatic hydroxyl groups is 2. The fourth-order valence-electron chi connectivity index (χ4n) is 2.50. The van der Waals surface area contributed by atoms with Gasteiger partial charge in [-0.2, -0.15) is 0 Å². The van der Waals surface area contributed by atoms with E-state index < -0.39 is 0 Å². The van der Waals surface area contributed by atoms with Crippen LogP contribution in [0.1, 0.15) is 65.2 Å². The molecular formula is C26H41NO2. The molecular weight excluding hydrogens is 358 g/mol. The average molecular weight is 400 g/mol. The van der Waals surface area contributed by atoms with E-state index in [1.165, 1.54) is 36.8 Å². The Morgan fingerprint density at radius 1 is 0.862 bits per heavy atom. The van der Waals surface area contributed by atoms with E-state index in [0.29, 0.717) is 0 Å². The zero-order chi connectivity index (χ0) is 22.6. The molecule has 0 saturated heterocycles. The highest BCUT2D eigenvalue weighted by molar-refractivity contribution is 5.61. The number of benzene rings is 2. The summed E-state index contributed by atoms with van der Waals surface area (Å²) < 4.78 is 0. The van der Waals surface area contributed by atoms with Crippen molar-refractivity contribution in [2.75, 3.05) is 19.6 Å². The minimum atomic E-state index is -0.0667. The molecule has 0 aromatic heterocycles. The van der Waals surface area contributed by atoms with Crippen molar-refractivity contribution >= 4 is 5.57 Å². The predicted molar refractivity (Wildman–Crippen MR) is 128 cm³/mol. The maximum Gasteiger partial charge on any atom is 0.157 e. The van der Waals surface area contributed by atoms with E-state index >= 15 is 0 Å². The predicted octanol–water partition coefficient (Wildman–Crippen LogP) is 6.77. The first-order chi connectivity index (χ1) is 13.5. The zero-order valence-electron chi connectivity index (χ0n) is 19.7. The van der Waals surface area contributed by atoms with Crippen LogP contribution in [0.15, 0.2) is 49.0 Å². The number of aryl methyl sites for hydroxylation is 1. The van der Waals surface area contributed by atoms with Crippen molar-refractivity contribution in [1.82, 2.24) is 4.90 Å². The quantitative estimate of drug-likeness (QED) is 0.557. The normalized spacial score (nSPS) is 10.5. The molecule has 0 heterocycles. The van der Waals surface area contributed by atoms with Crippen LogP contribution >= 0.6 is 0 Å². The second-order valence-corrected chi connectivity index (χ2v) is 8.22. The number of hydrogen-bond donors (Lipinski definition) is 2. The first-order valence-corrected chi connectivity index (χ1v) is 10.4. The molecule has 0 aliphatic heterocycles. The zero-order valence-corrected chi connectivity index (χ0v) is 19.7. The standard InChI is InChI=1S/C10H14O2.C10H12.C6H15N/c1-10(2,3)7-4-5-8(11)9(12)6-7;1-8(2)10-6-4-9(3)5-7-10;1-4-7(5-2)6-3/h4-6,11-12H,1-3H3;4-7H,1H2,2-3H3;4-6H2,1-3H3. The van der Waals surface area contributed by atoms with Crippen LogP contribution in [0, 0.1) is 6.92 Å². The van der Waals surface area contributed by atoms with Gasteiger partial charge in [-0.05, 0) is 62.2 Å². The Hall–Kier alpha value is -2.26. The molecule has 3 nitrogen and oxygen atoms in total. The number of rotatable bonds is 4. The number of allylic oxidation sites excluding steroid dienone is 1. The first kappa shape index (κ1) is 26.7. The van der Waals surface area contributed by atoms with Crippen molar-refractivity contribution < 1.29 is 10.2 Å². The summed E-state index contributed by atoms with van der Waals surface area (Å²) in [6, 6.07) is 13.3. The first-order valence-electron chi connectivity index (χ1n) is 10.4. The molecule has 0 bridgehead atoms. The second-order valence-electron chi connectivity index (χ2n) is 8.22. The fraction of sp³-hybridized carbons (Fsp3) is 0.462. The number of hydrogen-bond acceptors (Lipinski definition) is 3. The van der Waals surface area contributed by atoms with Crippen molar-refractivity contribution in [2.45, 2.75) is 60.8 Å². The third kappa shape index (κ3) is 10.7. The summed E-state index contributed by atoms with van der Waals surface area (Å²) >= 11 is 0. The van der Waals surface area contributed by atoms with Gasteiger partial charge in [0.1, 0.15) is 0 Å². The lowest BCUT2D eigenvalue weighted by atomic mass is 9.87. The van der Waals surface area contributed by atoms with Crippen LogP contribution in [-0.2, 0) is 5.41 Å². The van der Waals surface area contributed by atoms with Crippen LogP contribution in [0.2, 0.25) is 0 Å². The van der Waals surface area contributed by atoms with Gasteiger partial charge in [-0.15, -0.1) is 0 Å². The van der Waals surface area contributed by atoms with E-state index in [0.717, 1.165) is 11.1 Å². The molecule has 0 aliphatic rings. The van der Waals surface area contributed by atoms with Crippen LogP contribution in [0.4, 0.5) is 0 Å². The molecule has 0 aliphatic carbocycles. The summed E-state index contributed by atoms with van der Waals surface area (Å²) in [5.41, 5.74) is 4.67. The van der Waals surface area contributed by atoms with Crippen molar-refractivity contribution in [3.63, 3.8) is 0 Å². The minimum Gasteiger partial charge on any atom is -0.504 e. The second kappa shape index (κ2) is 13.1. The lowest BCUT2D eigenvalue weighted by Gasteiger charge is -2.19. The van der Waals surface area contributed by atoms with Crippen LogP contribution < -0.4 is 0 Å². The van der Waals surface area contributed by atoms with E-state index in [9.17, 15) is 5.11 Å². The molecule has 2 rings (SSSR count). The molecule has 0 fully saturated rings. The minimum absolute atomic E-state index is 0.00514. The molecule has 29 heavy (non-hydrogen) atoms. The van der Waals surface area contributed by atoms with E-state index in [1.807, 2.05) is 13.0 Å². The summed E-state index contributed by atoms with van der Waals surface area (Å²) in [5.74, 6) is -0.120. The topological polar surface area (TPSA) is 43.7 Å². The van der Waals surface area contributed by atoms with Gasteiger partial charge < -0.3 is 15.1 Å². The van der Waals surface area contributed by atoms with Crippen LogP contribution in [0.3, 0.4) is 0 Å². The Kier molecular flexibility index (Phi) is 12.0.